The lowest BCUT2D eigenvalue weighted by Crippen LogP contribution is -2.57. The van der Waals surface area contributed by atoms with Gasteiger partial charge in [-0.15, -0.1) is 10.2 Å². The molecule has 5 heterocycles. The molecule has 2 saturated heterocycles. The molecule has 0 radical (unpaired) electrons. The minimum absolute atomic E-state index is 0.127. The molecule has 6 rings (SSSR count). The van der Waals surface area contributed by atoms with Crippen molar-refractivity contribution in [2.24, 2.45) is 0 Å². The van der Waals surface area contributed by atoms with Gasteiger partial charge in [0.25, 0.3) is 0 Å². The number of fused-ring (bicyclic) bond motifs is 3. The van der Waals surface area contributed by atoms with Crippen LogP contribution < -0.4 is 9.64 Å². The summed E-state index contributed by atoms with van der Waals surface area (Å²) in [5.74, 6) is 0.672. The summed E-state index contributed by atoms with van der Waals surface area (Å²) in [4.78, 5) is 17.7. The quantitative estimate of drug-likeness (QED) is 0.134. The molecule has 0 N–H and O–H groups in total. The van der Waals surface area contributed by atoms with Gasteiger partial charge in [0.1, 0.15) is 18.1 Å². The van der Waals surface area contributed by atoms with Crippen LogP contribution in [0.15, 0.2) is 36.4 Å². The van der Waals surface area contributed by atoms with Crippen molar-refractivity contribution in [3.8, 4) is 17.0 Å². The number of hydrogen-bond donors (Lipinski definition) is 0. The summed E-state index contributed by atoms with van der Waals surface area (Å²) in [7, 11) is 0.296. The summed E-state index contributed by atoms with van der Waals surface area (Å²) in [5.41, 5.74) is 4.95. The average molecular weight is 694 g/mol. The molecule has 0 spiro atoms. The second-order valence-corrected chi connectivity index (χ2v) is 20.8. The predicted octanol–water partition coefficient (Wildman–Crippen LogP) is 6.02. The first kappa shape index (κ1) is 35.3. The van der Waals surface area contributed by atoms with Gasteiger partial charge in [0, 0.05) is 45.8 Å². The van der Waals surface area contributed by atoms with Crippen molar-refractivity contribution < 1.29 is 33.2 Å². The Labute approximate surface area is 290 Å². The van der Waals surface area contributed by atoms with Crippen LogP contribution in [0.1, 0.15) is 32.9 Å². The first-order valence-electron chi connectivity index (χ1n) is 17.2. The fraction of sp³-hybridized carbons (Fsp3) is 0.583. The molecule has 49 heavy (non-hydrogen) atoms. The first-order chi connectivity index (χ1) is 23.4. The predicted molar refractivity (Wildman–Crippen MR) is 192 cm³/mol. The lowest BCUT2D eigenvalue weighted by molar-refractivity contribution is -0.0511. The fourth-order valence-electron chi connectivity index (χ4n) is 6.64. The van der Waals surface area contributed by atoms with Crippen LogP contribution in [0.5, 0.6) is 5.75 Å². The van der Waals surface area contributed by atoms with Crippen molar-refractivity contribution in [1.29, 1.82) is 0 Å². The Bertz CT molecular complexity index is 1660. The van der Waals surface area contributed by atoms with Crippen molar-refractivity contribution in [3.05, 3.63) is 42.1 Å². The van der Waals surface area contributed by atoms with Crippen molar-refractivity contribution in [3.63, 3.8) is 0 Å². The smallest absolute Gasteiger partial charge is 0.411 e. The molecule has 2 bridgehead atoms. The highest BCUT2D eigenvalue weighted by atomic mass is 28.3. The van der Waals surface area contributed by atoms with E-state index in [9.17, 15) is 4.79 Å². The van der Waals surface area contributed by atoms with Gasteiger partial charge in [0.05, 0.1) is 55.6 Å². The van der Waals surface area contributed by atoms with Crippen LogP contribution in [0.4, 0.5) is 10.5 Å². The molecule has 13 heteroatoms. The Morgan fingerprint density at radius 3 is 2.55 bits per heavy atom. The zero-order valence-electron chi connectivity index (χ0n) is 30.0. The Morgan fingerprint density at radius 2 is 1.84 bits per heavy atom. The summed E-state index contributed by atoms with van der Waals surface area (Å²) in [6.45, 7) is 17.5. The molecule has 0 unspecified atom stereocenters. The number of hydrogen-bond acceptors (Lipinski definition) is 10. The van der Waals surface area contributed by atoms with Gasteiger partial charge in [-0.25, -0.2) is 4.79 Å². The van der Waals surface area contributed by atoms with E-state index in [4.69, 9.17) is 38.6 Å². The largest absolute Gasteiger partial charge is 0.467 e. The molecule has 12 nitrogen and oxygen atoms in total. The highest BCUT2D eigenvalue weighted by Gasteiger charge is 2.42. The van der Waals surface area contributed by atoms with Gasteiger partial charge in [-0.1, -0.05) is 37.8 Å². The average Bonchev–Trinajstić information content (AvgIpc) is 3.37. The molecule has 266 valence electrons. The minimum Gasteiger partial charge on any atom is -0.467 e. The molecule has 3 aromatic rings. The van der Waals surface area contributed by atoms with Gasteiger partial charge in [0.15, 0.2) is 12.4 Å². The maximum atomic E-state index is 13.5. The molecule has 0 aliphatic carbocycles. The second kappa shape index (κ2) is 14.8. The molecule has 3 aliphatic rings. The van der Waals surface area contributed by atoms with Crippen LogP contribution in [0.2, 0.25) is 25.7 Å². The third-order valence-electron chi connectivity index (χ3n) is 8.93. The molecule has 3 aliphatic heterocycles. The van der Waals surface area contributed by atoms with E-state index in [1.165, 1.54) is 0 Å². The molecule has 2 aromatic heterocycles. The number of para-hydroxylation sites is 1. The first-order valence-corrected chi connectivity index (χ1v) is 21.0. The normalized spacial score (nSPS) is 20.0. The number of carbonyl (C=O) groups excluding carboxylic acids is 1. The van der Waals surface area contributed by atoms with E-state index in [1.807, 2.05) is 49.9 Å². The van der Waals surface area contributed by atoms with E-state index in [0.717, 1.165) is 52.7 Å². The number of morpholine rings is 2. The summed E-state index contributed by atoms with van der Waals surface area (Å²) < 4.78 is 37.4. The van der Waals surface area contributed by atoms with E-state index >= 15 is 0 Å². The number of carbonyl (C=O) groups is 1. The summed E-state index contributed by atoms with van der Waals surface area (Å²) in [6.07, 6.45) is 2.47. The molecule has 2 atom stereocenters. The highest BCUT2D eigenvalue weighted by Crippen LogP contribution is 2.44. The molecule has 2 fully saturated rings. The van der Waals surface area contributed by atoms with Crippen LogP contribution in [0, 0.1) is 0 Å². The molecular formula is C36H51N5O7Si. The second-order valence-electron chi connectivity index (χ2n) is 15.1. The SMILES string of the molecule is COCOc1ccccc1-c1cc2c(N3CCOCC3)c(C3=C[C@H]4COC[C@@H](C3)N4C(=O)OC(C)(C)C)n(COCC[Si](C)(C)C)c2nn1. The number of nitrogens with zero attached hydrogens (tertiary/aromatic N) is 5. The maximum Gasteiger partial charge on any atom is 0.411 e. The lowest BCUT2D eigenvalue weighted by Gasteiger charge is -2.45. The number of anilines is 1. The molecular weight excluding hydrogens is 643 g/mol. The van der Waals surface area contributed by atoms with Gasteiger partial charge >= 0.3 is 6.09 Å². The van der Waals surface area contributed by atoms with E-state index < -0.39 is 13.7 Å². The van der Waals surface area contributed by atoms with Crippen LogP contribution >= 0.6 is 0 Å². The maximum absolute atomic E-state index is 13.5. The van der Waals surface area contributed by atoms with E-state index in [1.54, 1.807) is 7.11 Å². The van der Waals surface area contributed by atoms with Crippen LogP contribution in [-0.4, -0.2) is 112 Å². The highest BCUT2D eigenvalue weighted by molar-refractivity contribution is 6.76. The molecule has 0 saturated carbocycles. The summed E-state index contributed by atoms with van der Waals surface area (Å²) >= 11 is 0. The number of ether oxygens (including phenoxy) is 6. The third kappa shape index (κ3) is 8.12. The van der Waals surface area contributed by atoms with Crippen molar-refractivity contribution in [1.82, 2.24) is 19.7 Å². The monoisotopic (exact) mass is 693 g/mol. The topological polar surface area (TPSA) is 110 Å². The van der Waals surface area contributed by atoms with E-state index in [2.05, 4.69) is 41.3 Å². The number of amides is 1. The van der Waals surface area contributed by atoms with Gasteiger partial charge in [-0.3, -0.25) is 9.47 Å². The Morgan fingerprint density at radius 1 is 1.06 bits per heavy atom. The van der Waals surface area contributed by atoms with Crippen molar-refractivity contribution in [2.45, 2.75) is 77.3 Å². The lowest BCUT2D eigenvalue weighted by atomic mass is 9.91. The van der Waals surface area contributed by atoms with Crippen LogP contribution in [0.3, 0.4) is 0 Å². The summed E-state index contributed by atoms with van der Waals surface area (Å²) in [6, 6.07) is 10.5. The Hall–Kier alpha value is -3.49. The van der Waals surface area contributed by atoms with Crippen LogP contribution in [-0.2, 0) is 30.4 Å². The Balaban J connectivity index is 1.50. The Kier molecular flexibility index (Phi) is 10.7. The minimum atomic E-state index is -1.31. The fourth-order valence-corrected chi connectivity index (χ4v) is 7.40. The van der Waals surface area contributed by atoms with E-state index in [-0.39, 0.29) is 25.0 Å². The molecule has 1 aromatic carbocycles. The van der Waals surface area contributed by atoms with Crippen molar-refractivity contribution in [2.75, 3.05) is 64.9 Å². The van der Waals surface area contributed by atoms with Gasteiger partial charge < -0.3 is 33.3 Å². The van der Waals surface area contributed by atoms with Gasteiger partial charge in [0.2, 0.25) is 0 Å². The number of methoxy groups -OCH3 is 1. The van der Waals surface area contributed by atoms with Crippen LogP contribution in [0.25, 0.3) is 27.9 Å². The number of aromatic nitrogens is 3. The third-order valence-corrected chi connectivity index (χ3v) is 10.6. The number of benzene rings is 1. The molecule has 1 amide bonds. The number of rotatable bonds is 11. The van der Waals surface area contributed by atoms with E-state index in [0.29, 0.717) is 57.6 Å². The zero-order chi connectivity index (χ0) is 34.8. The zero-order valence-corrected chi connectivity index (χ0v) is 31.0. The standard InChI is InChI=1S/C36H51N5O7Si/c1-36(2,3)48-35(42)41-26-18-25(19-27(41)22-46-21-26)32-33(39-12-14-44-15-13-39)29-20-30(28-10-8-9-11-31(28)47-24-43-4)37-38-34(29)40(32)23-45-16-17-49(5,6)7/h8-11,18,20,26-27H,12-17,19,21-24H2,1-7H3/t26-,27+/m0/s1. The van der Waals surface area contributed by atoms with Crippen molar-refractivity contribution >= 4 is 36.5 Å². The van der Waals surface area contributed by atoms with Gasteiger partial charge in [-0.05, 0) is 57.0 Å². The van der Waals surface area contributed by atoms with Gasteiger partial charge in [-0.2, -0.15) is 0 Å². The summed E-state index contributed by atoms with van der Waals surface area (Å²) in [5, 5.41) is 10.6.